The second-order valence-electron chi connectivity index (χ2n) is 5.99. The Morgan fingerprint density at radius 1 is 1.26 bits per heavy atom. The van der Waals surface area contributed by atoms with Crippen molar-refractivity contribution in [3.63, 3.8) is 0 Å². The Balaban J connectivity index is 1.81. The Morgan fingerprint density at radius 2 is 2.00 bits per heavy atom. The Hall–Kier alpha value is -1.32. The van der Waals surface area contributed by atoms with Crippen LogP contribution < -0.4 is 0 Å². The molecule has 3 rings (SSSR count). The zero-order chi connectivity index (χ0) is 13.2. The molecule has 1 saturated heterocycles. The van der Waals surface area contributed by atoms with E-state index >= 15 is 0 Å². The summed E-state index contributed by atoms with van der Waals surface area (Å²) >= 11 is 0. The van der Waals surface area contributed by atoms with E-state index in [0.29, 0.717) is 11.6 Å². The zero-order valence-corrected chi connectivity index (χ0v) is 11.7. The maximum Gasteiger partial charge on any atom is 0.276 e. The molecule has 1 fully saturated rings. The summed E-state index contributed by atoms with van der Waals surface area (Å²) in [6, 6.07) is 0. The maximum atomic E-state index is 12.6. The summed E-state index contributed by atoms with van der Waals surface area (Å²) in [7, 11) is 0. The first-order valence-electron chi connectivity index (χ1n) is 7.52. The average molecular weight is 262 g/mol. The largest absolute Gasteiger partial charge is 0.360 e. The normalized spacial score (nSPS) is 23.8. The first-order valence-corrected chi connectivity index (χ1v) is 7.52. The van der Waals surface area contributed by atoms with E-state index in [9.17, 15) is 4.79 Å². The minimum absolute atomic E-state index is 0.0843. The third-order valence-electron chi connectivity index (χ3n) is 4.38. The lowest BCUT2D eigenvalue weighted by Gasteiger charge is -2.21. The molecule has 0 aromatic carbocycles. The third-order valence-corrected chi connectivity index (χ3v) is 4.38. The standard InChI is InChI=1S/C15H22N2O2/c1-11-6-7-13-12(10-11)14(16-19-13)15(18)17-8-4-2-3-5-9-17/h11H,2-10H2,1H3/t11-/m1/s1. The van der Waals surface area contributed by atoms with Crippen LogP contribution in [0.4, 0.5) is 0 Å². The molecule has 1 aromatic rings. The van der Waals surface area contributed by atoms with E-state index in [0.717, 1.165) is 56.5 Å². The van der Waals surface area contributed by atoms with Crippen molar-refractivity contribution in [2.24, 2.45) is 5.92 Å². The van der Waals surface area contributed by atoms with E-state index in [4.69, 9.17) is 4.52 Å². The molecule has 0 spiro atoms. The van der Waals surface area contributed by atoms with E-state index in [1.807, 2.05) is 4.90 Å². The third kappa shape index (κ3) is 2.53. The van der Waals surface area contributed by atoms with Crippen LogP contribution in [0.1, 0.15) is 60.8 Å². The number of hydrogen-bond acceptors (Lipinski definition) is 3. The molecule has 1 amide bonds. The van der Waals surface area contributed by atoms with Gasteiger partial charge in [-0.05, 0) is 31.6 Å². The number of aryl methyl sites for hydroxylation is 1. The highest BCUT2D eigenvalue weighted by Crippen LogP contribution is 2.28. The van der Waals surface area contributed by atoms with Crippen molar-refractivity contribution in [2.45, 2.75) is 51.9 Å². The molecule has 104 valence electrons. The first-order chi connectivity index (χ1) is 9.25. The lowest BCUT2D eigenvalue weighted by molar-refractivity contribution is 0.0750. The highest BCUT2D eigenvalue weighted by Gasteiger charge is 2.29. The van der Waals surface area contributed by atoms with E-state index in [2.05, 4.69) is 12.1 Å². The number of hydrogen-bond donors (Lipinski definition) is 0. The summed E-state index contributed by atoms with van der Waals surface area (Å²) in [6.07, 6.45) is 7.70. The molecule has 1 aliphatic heterocycles. The molecule has 0 bridgehead atoms. The fourth-order valence-corrected chi connectivity index (χ4v) is 3.17. The minimum Gasteiger partial charge on any atom is -0.360 e. The molecule has 4 heteroatoms. The molecule has 19 heavy (non-hydrogen) atoms. The van der Waals surface area contributed by atoms with Crippen LogP contribution >= 0.6 is 0 Å². The van der Waals surface area contributed by atoms with Gasteiger partial charge >= 0.3 is 0 Å². The minimum atomic E-state index is 0.0843. The number of likely N-dealkylation sites (tertiary alicyclic amines) is 1. The predicted molar refractivity (Wildman–Crippen MR) is 72.1 cm³/mol. The van der Waals surface area contributed by atoms with Crippen molar-refractivity contribution in [1.29, 1.82) is 0 Å². The van der Waals surface area contributed by atoms with Gasteiger partial charge in [0.05, 0.1) is 0 Å². The summed E-state index contributed by atoms with van der Waals surface area (Å²) in [5.41, 5.74) is 1.66. The predicted octanol–water partition coefficient (Wildman–Crippen LogP) is 2.82. The van der Waals surface area contributed by atoms with E-state index in [1.54, 1.807) is 0 Å². The topological polar surface area (TPSA) is 46.3 Å². The van der Waals surface area contributed by atoms with Gasteiger partial charge in [-0.2, -0.15) is 0 Å². The van der Waals surface area contributed by atoms with E-state index < -0.39 is 0 Å². The quantitative estimate of drug-likeness (QED) is 0.782. The number of fused-ring (bicyclic) bond motifs is 1. The number of carbonyl (C=O) groups excluding carboxylic acids is 1. The van der Waals surface area contributed by atoms with Gasteiger partial charge in [-0.15, -0.1) is 0 Å². The van der Waals surface area contributed by atoms with Gasteiger partial charge in [0, 0.05) is 25.1 Å². The van der Waals surface area contributed by atoms with Crippen LogP contribution in [-0.4, -0.2) is 29.1 Å². The molecule has 2 heterocycles. The molecule has 1 atom stereocenters. The fourth-order valence-electron chi connectivity index (χ4n) is 3.17. The van der Waals surface area contributed by atoms with Gasteiger partial charge in [0.1, 0.15) is 5.76 Å². The van der Waals surface area contributed by atoms with Crippen molar-refractivity contribution in [1.82, 2.24) is 10.1 Å². The summed E-state index contributed by atoms with van der Waals surface area (Å²) in [5.74, 6) is 1.65. The Bertz CT molecular complexity index is 459. The summed E-state index contributed by atoms with van der Waals surface area (Å²) in [5, 5.41) is 4.07. The van der Waals surface area contributed by atoms with Crippen molar-refractivity contribution in [3.8, 4) is 0 Å². The molecular weight excluding hydrogens is 240 g/mol. The second-order valence-corrected chi connectivity index (χ2v) is 5.99. The summed E-state index contributed by atoms with van der Waals surface area (Å²) < 4.78 is 5.38. The molecule has 0 saturated carbocycles. The molecule has 2 aliphatic rings. The van der Waals surface area contributed by atoms with Crippen LogP contribution in [0.15, 0.2) is 4.52 Å². The van der Waals surface area contributed by atoms with Gasteiger partial charge in [0.15, 0.2) is 5.69 Å². The smallest absolute Gasteiger partial charge is 0.276 e. The van der Waals surface area contributed by atoms with E-state index in [-0.39, 0.29) is 5.91 Å². The molecular formula is C15H22N2O2. The molecule has 4 nitrogen and oxygen atoms in total. The Labute approximate surface area is 114 Å². The molecule has 1 aliphatic carbocycles. The fraction of sp³-hybridized carbons (Fsp3) is 0.733. The number of aromatic nitrogens is 1. The van der Waals surface area contributed by atoms with Crippen molar-refractivity contribution in [3.05, 3.63) is 17.0 Å². The maximum absolute atomic E-state index is 12.6. The van der Waals surface area contributed by atoms with Gasteiger partial charge in [-0.3, -0.25) is 4.79 Å². The van der Waals surface area contributed by atoms with Crippen molar-refractivity contribution in [2.75, 3.05) is 13.1 Å². The van der Waals surface area contributed by atoms with Gasteiger partial charge in [-0.25, -0.2) is 0 Å². The van der Waals surface area contributed by atoms with Gasteiger partial charge in [-0.1, -0.05) is 24.9 Å². The van der Waals surface area contributed by atoms with Crippen molar-refractivity contribution < 1.29 is 9.32 Å². The Kier molecular flexibility index (Phi) is 3.58. The van der Waals surface area contributed by atoms with Crippen molar-refractivity contribution >= 4 is 5.91 Å². The van der Waals surface area contributed by atoms with Crippen LogP contribution in [0.2, 0.25) is 0 Å². The first kappa shape index (κ1) is 12.7. The van der Waals surface area contributed by atoms with Crippen LogP contribution in [-0.2, 0) is 12.8 Å². The zero-order valence-electron chi connectivity index (χ0n) is 11.7. The highest BCUT2D eigenvalue weighted by molar-refractivity contribution is 5.94. The number of nitrogens with zero attached hydrogens (tertiary/aromatic N) is 2. The lowest BCUT2D eigenvalue weighted by Crippen LogP contribution is -2.33. The molecule has 0 radical (unpaired) electrons. The lowest BCUT2D eigenvalue weighted by atomic mass is 9.88. The van der Waals surface area contributed by atoms with Gasteiger partial charge in [0.2, 0.25) is 0 Å². The summed E-state index contributed by atoms with van der Waals surface area (Å²) in [6.45, 7) is 3.97. The second kappa shape index (κ2) is 5.35. The van der Waals surface area contributed by atoms with Crippen LogP contribution in [0.5, 0.6) is 0 Å². The number of rotatable bonds is 1. The average Bonchev–Trinajstić information content (AvgIpc) is 2.64. The Morgan fingerprint density at radius 3 is 2.74 bits per heavy atom. The molecule has 0 unspecified atom stereocenters. The number of amides is 1. The van der Waals surface area contributed by atoms with Crippen LogP contribution in [0.25, 0.3) is 0 Å². The summed E-state index contributed by atoms with van der Waals surface area (Å²) in [4.78, 5) is 14.6. The number of carbonyl (C=O) groups is 1. The van der Waals surface area contributed by atoms with Crippen LogP contribution in [0.3, 0.4) is 0 Å². The molecule has 0 N–H and O–H groups in total. The molecule has 1 aromatic heterocycles. The SMILES string of the molecule is C[C@@H]1CCc2onc(C(=O)N3CCCCCC3)c2C1. The van der Waals surface area contributed by atoms with E-state index in [1.165, 1.54) is 12.8 Å². The monoisotopic (exact) mass is 262 g/mol. The van der Waals surface area contributed by atoms with Gasteiger partial charge < -0.3 is 9.42 Å². The highest BCUT2D eigenvalue weighted by atomic mass is 16.5. The van der Waals surface area contributed by atoms with Crippen LogP contribution in [0, 0.1) is 5.92 Å². The van der Waals surface area contributed by atoms with Gasteiger partial charge in [0.25, 0.3) is 5.91 Å².